The monoisotopic (exact) mass is 345 g/mol. The zero-order valence-electron chi connectivity index (χ0n) is 15.4. The van der Waals surface area contributed by atoms with E-state index in [-0.39, 0.29) is 5.91 Å². The van der Waals surface area contributed by atoms with Gasteiger partial charge in [-0.15, -0.1) is 0 Å². The molecule has 0 saturated heterocycles. The summed E-state index contributed by atoms with van der Waals surface area (Å²) in [7, 11) is 0. The zero-order valence-corrected chi connectivity index (χ0v) is 15.4. The molecule has 0 saturated carbocycles. The molecule has 0 spiro atoms. The minimum Gasteiger partial charge on any atom is -0.326 e. The van der Waals surface area contributed by atoms with E-state index in [9.17, 15) is 4.79 Å². The highest BCUT2D eigenvalue weighted by Crippen LogP contribution is 2.31. The Morgan fingerprint density at radius 1 is 1.08 bits per heavy atom. The minimum absolute atomic E-state index is 0.0364. The van der Waals surface area contributed by atoms with Gasteiger partial charge in [0.15, 0.2) is 0 Å². The van der Waals surface area contributed by atoms with E-state index in [1.54, 1.807) is 5.57 Å². The second-order valence-corrected chi connectivity index (χ2v) is 6.99. The van der Waals surface area contributed by atoms with E-state index in [0.29, 0.717) is 5.92 Å². The van der Waals surface area contributed by atoms with Crippen LogP contribution in [0.3, 0.4) is 0 Å². The van der Waals surface area contributed by atoms with Crippen LogP contribution in [0.1, 0.15) is 56.1 Å². The molecule has 26 heavy (non-hydrogen) atoms. The third-order valence-electron chi connectivity index (χ3n) is 4.85. The number of amides is 1. The normalized spacial score (nSPS) is 15.5. The van der Waals surface area contributed by atoms with Crippen molar-refractivity contribution < 1.29 is 4.79 Å². The van der Waals surface area contributed by atoms with Crippen molar-refractivity contribution in [3.63, 3.8) is 0 Å². The van der Waals surface area contributed by atoms with Crippen LogP contribution in [0.5, 0.6) is 0 Å². The number of carbonyl (C=O) groups excluding carboxylic acids is 1. The third kappa shape index (κ3) is 5.45. The molecule has 1 aliphatic rings. The van der Waals surface area contributed by atoms with Gasteiger partial charge in [0.2, 0.25) is 5.91 Å². The minimum atomic E-state index is -0.0364. The number of carbonyl (C=O) groups is 1. The molecular weight excluding hydrogens is 318 g/mol. The molecule has 134 valence electrons. The van der Waals surface area contributed by atoms with Crippen LogP contribution in [0.4, 0.5) is 5.69 Å². The maximum absolute atomic E-state index is 11.2. The number of benzene rings is 2. The van der Waals surface area contributed by atoms with E-state index in [0.717, 1.165) is 12.1 Å². The van der Waals surface area contributed by atoms with Gasteiger partial charge >= 0.3 is 0 Å². The second kappa shape index (κ2) is 9.19. The van der Waals surface area contributed by atoms with Gasteiger partial charge in [0, 0.05) is 18.5 Å². The van der Waals surface area contributed by atoms with Crippen LogP contribution in [0.2, 0.25) is 0 Å². The van der Waals surface area contributed by atoms with Crippen molar-refractivity contribution >= 4 is 17.7 Å². The molecule has 2 nitrogen and oxygen atoms in total. The van der Waals surface area contributed by atoms with Gasteiger partial charge in [-0.1, -0.05) is 66.3 Å². The molecule has 1 amide bonds. The summed E-state index contributed by atoms with van der Waals surface area (Å²) in [5.41, 5.74) is 4.94. The lowest BCUT2D eigenvalue weighted by Crippen LogP contribution is -2.06. The van der Waals surface area contributed by atoms with E-state index >= 15 is 0 Å². The number of hydrogen-bond acceptors (Lipinski definition) is 1. The summed E-state index contributed by atoms with van der Waals surface area (Å²) in [6.07, 6.45) is 13.1. The predicted octanol–water partition coefficient (Wildman–Crippen LogP) is 6.33. The van der Waals surface area contributed by atoms with Gasteiger partial charge in [0.1, 0.15) is 0 Å². The molecule has 0 fully saturated rings. The number of allylic oxidation sites excluding steroid dienone is 3. The Bertz CT molecular complexity index is 772. The van der Waals surface area contributed by atoms with Gasteiger partial charge in [-0.2, -0.15) is 0 Å². The Kier molecular flexibility index (Phi) is 6.43. The number of rotatable bonds is 6. The van der Waals surface area contributed by atoms with E-state index in [2.05, 4.69) is 59.9 Å². The molecule has 1 atom stereocenters. The average Bonchev–Trinajstić information content (AvgIpc) is 2.67. The highest BCUT2D eigenvalue weighted by atomic mass is 16.1. The van der Waals surface area contributed by atoms with Crippen LogP contribution >= 0.6 is 0 Å². The quantitative estimate of drug-likeness (QED) is 0.609. The Labute approximate surface area is 156 Å². The number of nitrogens with one attached hydrogen (secondary N) is 1. The van der Waals surface area contributed by atoms with Crippen LogP contribution in [0, 0.1) is 0 Å². The summed E-state index contributed by atoms with van der Waals surface area (Å²) < 4.78 is 0. The van der Waals surface area contributed by atoms with Crippen molar-refractivity contribution in [3.8, 4) is 0 Å². The lowest BCUT2D eigenvalue weighted by molar-refractivity contribution is -0.114. The molecule has 2 heteroatoms. The smallest absolute Gasteiger partial charge is 0.221 e. The van der Waals surface area contributed by atoms with Gasteiger partial charge < -0.3 is 5.32 Å². The van der Waals surface area contributed by atoms with Crippen LogP contribution in [0.15, 0.2) is 72.3 Å². The summed E-state index contributed by atoms with van der Waals surface area (Å²) in [4.78, 5) is 11.2. The first-order valence-electron chi connectivity index (χ1n) is 9.49. The highest BCUT2D eigenvalue weighted by molar-refractivity contribution is 5.88. The van der Waals surface area contributed by atoms with E-state index < -0.39 is 0 Å². The molecular formula is C24H27NO. The molecule has 3 rings (SSSR count). The molecule has 1 N–H and O–H groups in total. The fraction of sp³-hybridized carbons (Fsp3) is 0.292. The van der Waals surface area contributed by atoms with Crippen molar-refractivity contribution in [1.82, 2.24) is 0 Å². The topological polar surface area (TPSA) is 29.1 Å². The van der Waals surface area contributed by atoms with E-state index in [1.165, 1.54) is 43.7 Å². The SMILES string of the molecule is CC(=O)Nc1ccc(C(/C=C/c2ccccc2)CC2=CCCCC2)cc1. The van der Waals surface area contributed by atoms with Crippen LogP contribution in [-0.2, 0) is 4.79 Å². The zero-order chi connectivity index (χ0) is 18.2. The first kappa shape index (κ1) is 18.2. The molecule has 0 aliphatic heterocycles. The molecule has 2 aromatic rings. The maximum atomic E-state index is 11.2. The number of hydrogen-bond donors (Lipinski definition) is 1. The van der Waals surface area contributed by atoms with Crippen molar-refractivity contribution in [2.24, 2.45) is 0 Å². The van der Waals surface area contributed by atoms with Crippen molar-refractivity contribution in [2.45, 2.75) is 44.9 Å². The Hall–Kier alpha value is -2.61. The van der Waals surface area contributed by atoms with Gasteiger partial charge in [-0.3, -0.25) is 4.79 Å². The third-order valence-corrected chi connectivity index (χ3v) is 4.85. The van der Waals surface area contributed by atoms with Crippen molar-refractivity contribution in [2.75, 3.05) is 5.32 Å². The standard InChI is InChI=1S/C24H27NO/c1-19(26)25-24-16-14-22(15-17-24)23(18-21-10-6-3-7-11-21)13-12-20-8-4-2-5-9-20/h2,4-5,8-10,12-17,23H,3,6-7,11,18H2,1H3,(H,25,26)/b13-12+. The Morgan fingerprint density at radius 2 is 1.85 bits per heavy atom. The van der Waals surface area contributed by atoms with Crippen LogP contribution < -0.4 is 5.32 Å². The van der Waals surface area contributed by atoms with Gasteiger partial charge in [-0.25, -0.2) is 0 Å². The predicted molar refractivity (Wildman–Crippen MR) is 110 cm³/mol. The van der Waals surface area contributed by atoms with Gasteiger partial charge in [-0.05, 0) is 55.4 Å². The second-order valence-electron chi connectivity index (χ2n) is 6.99. The van der Waals surface area contributed by atoms with Crippen LogP contribution in [0.25, 0.3) is 6.08 Å². The first-order chi connectivity index (χ1) is 12.7. The summed E-state index contributed by atoms with van der Waals surface area (Å²) in [5.74, 6) is 0.316. The molecule has 0 radical (unpaired) electrons. The Morgan fingerprint density at radius 3 is 2.50 bits per heavy atom. The fourth-order valence-electron chi connectivity index (χ4n) is 3.48. The lowest BCUT2D eigenvalue weighted by atomic mass is 9.86. The Balaban J connectivity index is 1.80. The highest BCUT2D eigenvalue weighted by Gasteiger charge is 2.13. The molecule has 2 aromatic carbocycles. The maximum Gasteiger partial charge on any atom is 0.221 e. The van der Waals surface area contributed by atoms with Gasteiger partial charge in [0.05, 0.1) is 0 Å². The summed E-state index contributed by atoms with van der Waals surface area (Å²) in [6.45, 7) is 1.54. The molecule has 1 unspecified atom stereocenters. The lowest BCUT2D eigenvalue weighted by Gasteiger charge is -2.19. The van der Waals surface area contributed by atoms with E-state index in [1.807, 2.05) is 18.2 Å². The molecule has 0 heterocycles. The van der Waals surface area contributed by atoms with Crippen molar-refractivity contribution in [3.05, 3.63) is 83.4 Å². The van der Waals surface area contributed by atoms with Gasteiger partial charge in [0.25, 0.3) is 0 Å². The number of anilines is 1. The first-order valence-corrected chi connectivity index (χ1v) is 9.49. The van der Waals surface area contributed by atoms with E-state index in [4.69, 9.17) is 0 Å². The van der Waals surface area contributed by atoms with Crippen molar-refractivity contribution in [1.29, 1.82) is 0 Å². The van der Waals surface area contributed by atoms with Crippen LogP contribution in [-0.4, -0.2) is 5.91 Å². The molecule has 1 aliphatic carbocycles. The summed E-state index contributed by atoms with van der Waals surface area (Å²) >= 11 is 0. The largest absolute Gasteiger partial charge is 0.326 e. The summed E-state index contributed by atoms with van der Waals surface area (Å²) in [5, 5.41) is 2.84. The summed E-state index contributed by atoms with van der Waals surface area (Å²) in [6, 6.07) is 18.7. The average molecular weight is 345 g/mol. The molecule has 0 aromatic heterocycles. The fourth-order valence-corrected chi connectivity index (χ4v) is 3.48. The molecule has 0 bridgehead atoms.